The third-order valence-electron chi connectivity index (χ3n) is 0.674. The van der Waals surface area contributed by atoms with Crippen molar-refractivity contribution in [2.45, 2.75) is 0 Å². The summed E-state index contributed by atoms with van der Waals surface area (Å²) >= 11 is 1.69. The van der Waals surface area contributed by atoms with Crippen molar-refractivity contribution in [3.05, 3.63) is 24.4 Å². The molecule has 0 fully saturated rings. The quantitative estimate of drug-likeness (QED) is 0.475. The molecule has 0 spiro atoms. The molecular weight excluding hydrogens is 106 g/mol. The SMILES string of the molecule is C1=CCSNC=C1. The molecule has 1 rings (SSSR count). The van der Waals surface area contributed by atoms with Gasteiger partial charge in [0.2, 0.25) is 0 Å². The molecule has 1 N–H and O–H groups in total. The summed E-state index contributed by atoms with van der Waals surface area (Å²) in [5, 5.41) is 0. The molecule has 0 atom stereocenters. The van der Waals surface area contributed by atoms with Gasteiger partial charge in [0.15, 0.2) is 0 Å². The van der Waals surface area contributed by atoms with E-state index in [2.05, 4.69) is 10.8 Å². The summed E-state index contributed by atoms with van der Waals surface area (Å²) < 4.78 is 3.02. The third-order valence-corrected chi connectivity index (χ3v) is 1.34. The van der Waals surface area contributed by atoms with Crippen LogP contribution in [0.2, 0.25) is 0 Å². The first-order valence-electron chi connectivity index (χ1n) is 2.19. The van der Waals surface area contributed by atoms with Gasteiger partial charge in [-0.3, -0.25) is 0 Å². The molecule has 1 heterocycles. The van der Waals surface area contributed by atoms with Gasteiger partial charge < -0.3 is 4.72 Å². The first kappa shape index (κ1) is 4.78. The number of hydrogen-bond donors (Lipinski definition) is 1. The van der Waals surface area contributed by atoms with Gasteiger partial charge in [-0.05, 0) is 18.0 Å². The lowest BCUT2D eigenvalue weighted by Crippen LogP contribution is -1.87. The molecule has 0 aromatic rings. The van der Waals surface area contributed by atoms with Gasteiger partial charge in [-0.25, -0.2) is 0 Å². The highest BCUT2D eigenvalue weighted by Gasteiger charge is 1.79. The Labute approximate surface area is 47.6 Å². The smallest absolute Gasteiger partial charge is 0.0315 e. The second-order valence-corrected chi connectivity index (χ2v) is 2.07. The third kappa shape index (κ3) is 1.69. The van der Waals surface area contributed by atoms with E-state index >= 15 is 0 Å². The topological polar surface area (TPSA) is 12.0 Å². The van der Waals surface area contributed by atoms with Crippen molar-refractivity contribution in [3.63, 3.8) is 0 Å². The van der Waals surface area contributed by atoms with Gasteiger partial charge >= 0.3 is 0 Å². The molecule has 38 valence electrons. The van der Waals surface area contributed by atoms with E-state index in [4.69, 9.17) is 0 Å². The van der Waals surface area contributed by atoms with Crippen LogP contribution in [0.15, 0.2) is 24.4 Å². The molecular formula is C5H7NS. The number of allylic oxidation sites excluding steroid dienone is 2. The van der Waals surface area contributed by atoms with Crippen molar-refractivity contribution in [3.8, 4) is 0 Å². The van der Waals surface area contributed by atoms with Crippen molar-refractivity contribution in [2.75, 3.05) is 5.75 Å². The lowest BCUT2D eigenvalue weighted by molar-refractivity contribution is 1.42. The van der Waals surface area contributed by atoms with Gasteiger partial charge in [-0.1, -0.05) is 12.2 Å². The molecule has 0 aromatic heterocycles. The van der Waals surface area contributed by atoms with Crippen LogP contribution in [0.25, 0.3) is 0 Å². The Kier molecular flexibility index (Phi) is 1.88. The highest BCUT2D eigenvalue weighted by molar-refractivity contribution is 7.97. The Morgan fingerprint density at radius 3 is 3.43 bits per heavy atom. The fourth-order valence-corrected chi connectivity index (χ4v) is 0.852. The Morgan fingerprint density at radius 2 is 2.43 bits per heavy atom. The monoisotopic (exact) mass is 113 g/mol. The fourth-order valence-electron chi connectivity index (χ4n) is 0.373. The van der Waals surface area contributed by atoms with E-state index in [1.807, 2.05) is 18.4 Å². The second kappa shape index (κ2) is 2.75. The summed E-state index contributed by atoms with van der Waals surface area (Å²) in [5.41, 5.74) is 0. The summed E-state index contributed by atoms with van der Waals surface area (Å²) in [6, 6.07) is 0. The standard InChI is InChI=1S/C5H7NS/c1-2-4-6-7-5-3-1/h1-4,6H,5H2. The molecule has 0 saturated carbocycles. The summed E-state index contributed by atoms with van der Waals surface area (Å²) in [4.78, 5) is 0. The molecule has 7 heavy (non-hydrogen) atoms. The van der Waals surface area contributed by atoms with E-state index < -0.39 is 0 Å². The Balaban J connectivity index is 2.39. The Bertz CT molecular complexity index is 84.3. The van der Waals surface area contributed by atoms with E-state index in [-0.39, 0.29) is 0 Å². The van der Waals surface area contributed by atoms with Crippen LogP contribution in [0.1, 0.15) is 0 Å². The summed E-state index contributed by atoms with van der Waals surface area (Å²) in [5.74, 6) is 1.06. The Morgan fingerprint density at radius 1 is 1.43 bits per heavy atom. The summed E-state index contributed by atoms with van der Waals surface area (Å²) in [6.45, 7) is 0. The van der Waals surface area contributed by atoms with Gasteiger partial charge in [0.25, 0.3) is 0 Å². The maximum atomic E-state index is 3.02. The van der Waals surface area contributed by atoms with E-state index in [0.717, 1.165) is 5.75 Å². The van der Waals surface area contributed by atoms with Crippen molar-refractivity contribution < 1.29 is 0 Å². The lowest BCUT2D eigenvalue weighted by Gasteiger charge is -1.88. The zero-order chi connectivity index (χ0) is 4.95. The van der Waals surface area contributed by atoms with Gasteiger partial charge in [0, 0.05) is 12.0 Å². The van der Waals surface area contributed by atoms with Crippen LogP contribution in [0.5, 0.6) is 0 Å². The van der Waals surface area contributed by atoms with Crippen molar-refractivity contribution in [1.29, 1.82) is 0 Å². The zero-order valence-electron chi connectivity index (χ0n) is 3.92. The molecule has 0 aromatic carbocycles. The minimum Gasteiger partial charge on any atom is -0.336 e. The van der Waals surface area contributed by atoms with Crippen LogP contribution >= 0.6 is 11.9 Å². The highest BCUT2D eigenvalue weighted by atomic mass is 32.2. The van der Waals surface area contributed by atoms with Crippen molar-refractivity contribution in [1.82, 2.24) is 4.72 Å². The predicted octanol–water partition coefficient (Wildman–Crippen LogP) is 1.31. The van der Waals surface area contributed by atoms with E-state index in [0.29, 0.717) is 0 Å². The van der Waals surface area contributed by atoms with Crippen LogP contribution in [-0.2, 0) is 0 Å². The molecule has 0 unspecified atom stereocenters. The molecule has 0 aliphatic carbocycles. The van der Waals surface area contributed by atoms with Crippen LogP contribution < -0.4 is 4.72 Å². The van der Waals surface area contributed by atoms with Crippen molar-refractivity contribution in [2.24, 2.45) is 0 Å². The first-order valence-corrected chi connectivity index (χ1v) is 3.18. The zero-order valence-corrected chi connectivity index (χ0v) is 4.74. The molecule has 0 saturated heterocycles. The average molecular weight is 113 g/mol. The molecule has 1 aliphatic rings. The largest absolute Gasteiger partial charge is 0.336 e. The van der Waals surface area contributed by atoms with Crippen LogP contribution in [-0.4, -0.2) is 5.75 Å². The fraction of sp³-hybridized carbons (Fsp3) is 0.200. The molecule has 0 amide bonds. The lowest BCUT2D eigenvalue weighted by atomic mass is 10.5. The maximum absolute atomic E-state index is 3.02. The molecule has 0 bridgehead atoms. The molecule has 0 radical (unpaired) electrons. The predicted molar refractivity (Wildman–Crippen MR) is 33.9 cm³/mol. The average Bonchev–Trinajstić information content (AvgIpc) is 1.90. The van der Waals surface area contributed by atoms with Gasteiger partial charge in [0.05, 0.1) is 0 Å². The number of nitrogens with one attached hydrogen (secondary N) is 1. The van der Waals surface area contributed by atoms with E-state index in [1.54, 1.807) is 11.9 Å². The van der Waals surface area contributed by atoms with Gasteiger partial charge in [-0.2, -0.15) is 0 Å². The highest BCUT2D eigenvalue weighted by Crippen LogP contribution is 1.96. The van der Waals surface area contributed by atoms with Crippen LogP contribution in [0.3, 0.4) is 0 Å². The second-order valence-electron chi connectivity index (χ2n) is 1.22. The molecule has 1 aliphatic heterocycles. The minimum atomic E-state index is 1.06. The first-order chi connectivity index (χ1) is 3.50. The van der Waals surface area contributed by atoms with E-state index in [1.165, 1.54) is 0 Å². The minimum absolute atomic E-state index is 1.06. The molecule has 1 nitrogen and oxygen atoms in total. The summed E-state index contributed by atoms with van der Waals surface area (Å²) in [6.07, 6.45) is 8.06. The summed E-state index contributed by atoms with van der Waals surface area (Å²) in [7, 11) is 0. The number of hydrogen-bond acceptors (Lipinski definition) is 2. The number of rotatable bonds is 0. The maximum Gasteiger partial charge on any atom is 0.0315 e. The van der Waals surface area contributed by atoms with Gasteiger partial charge in [0.1, 0.15) is 0 Å². The van der Waals surface area contributed by atoms with Crippen LogP contribution in [0, 0.1) is 0 Å². The normalized spacial score (nSPS) is 18.3. The van der Waals surface area contributed by atoms with Crippen molar-refractivity contribution >= 4 is 11.9 Å². The Hall–Kier alpha value is -0.370. The van der Waals surface area contributed by atoms with Gasteiger partial charge in [-0.15, -0.1) is 0 Å². The van der Waals surface area contributed by atoms with E-state index in [9.17, 15) is 0 Å². The molecule has 2 heteroatoms. The van der Waals surface area contributed by atoms with Crippen LogP contribution in [0.4, 0.5) is 0 Å².